The van der Waals surface area contributed by atoms with E-state index in [1.165, 1.54) is 6.42 Å². The van der Waals surface area contributed by atoms with Gasteiger partial charge in [-0.1, -0.05) is 12.1 Å². The summed E-state index contributed by atoms with van der Waals surface area (Å²) in [6.07, 6.45) is 2.33. The monoisotopic (exact) mass is 249 g/mol. The van der Waals surface area contributed by atoms with E-state index in [2.05, 4.69) is 5.32 Å². The van der Waals surface area contributed by atoms with E-state index < -0.39 is 0 Å². The summed E-state index contributed by atoms with van der Waals surface area (Å²) in [5.74, 6) is 0. The molecule has 1 aliphatic heterocycles. The van der Waals surface area contributed by atoms with Crippen LogP contribution in [0.25, 0.3) is 0 Å². The van der Waals surface area contributed by atoms with Gasteiger partial charge in [0.1, 0.15) is 5.69 Å². The molecule has 1 fully saturated rings. The second kappa shape index (κ2) is 5.35. The minimum Gasteiger partial charge on any atom is -0.367 e. The highest BCUT2D eigenvalue weighted by Gasteiger charge is 2.22. The van der Waals surface area contributed by atoms with Crippen molar-refractivity contribution in [3.05, 3.63) is 33.9 Å². The Morgan fingerprint density at radius 3 is 2.94 bits per heavy atom. The fourth-order valence-corrected chi connectivity index (χ4v) is 2.53. The molecular weight excluding hydrogens is 230 g/mol. The van der Waals surface area contributed by atoms with E-state index in [4.69, 9.17) is 0 Å². The number of hydrogen-bond acceptors (Lipinski definition) is 4. The fraction of sp³-hybridized carbons (Fsp3) is 0.538. The second-order valence-electron chi connectivity index (χ2n) is 4.87. The van der Waals surface area contributed by atoms with Crippen molar-refractivity contribution in [2.45, 2.75) is 25.8 Å². The van der Waals surface area contributed by atoms with Crippen molar-refractivity contribution in [2.75, 3.05) is 25.0 Å². The van der Waals surface area contributed by atoms with Crippen molar-refractivity contribution >= 4 is 11.4 Å². The van der Waals surface area contributed by atoms with E-state index >= 15 is 0 Å². The number of para-hydroxylation sites is 1. The third kappa shape index (κ3) is 2.61. The van der Waals surface area contributed by atoms with Crippen LogP contribution in [0.1, 0.15) is 18.4 Å². The lowest BCUT2D eigenvalue weighted by Gasteiger charge is -2.23. The summed E-state index contributed by atoms with van der Waals surface area (Å²) in [5.41, 5.74) is 1.63. The molecule has 1 aromatic rings. The van der Waals surface area contributed by atoms with Gasteiger partial charge in [-0.25, -0.2) is 0 Å². The van der Waals surface area contributed by atoms with Crippen molar-refractivity contribution in [1.29, 1.82) is 0 Å². The van der Waals surface area contributed by atoms with Gasteiger partial charge in [-0.2, -0.15) is 0 Å². The third-order valence-corrected chi connectivity index (χ3v) is 3.47. The molecule has 1 N–H and O–H groups in total. The van der Waals surface area contributed by atoms with E-state index in [1.807, 2.05) is 24.1 Å². The summed E-state index contributed by atoms with van der Waals surface area (Å²) in [4.78, 5) is 12.8. The van der Waals surface area contributed by atoms with Crippen LogP contribution in [0.2, 0.25) is 0 Å². The number of nitrogens with one attached hydrogen (secondary N) is 1. The van der Waals surface area contributed by atoms with Crippen LogP contribution in [0.5, 0.6) is 0 Å². The Labute approximate surface area is 107 Å². The first-order valence-corrected chi connectivity index (χ1v) is 6.28. The quantitative estimate of drug-likeness (QED) is 0.655. The molecule has 2 rings (SSSR count). The number of aryl methyl sites for hydroxylation is 1. The van der Waals surface area contributed by atoms with Gasteiger partial charge in [0.05, 0.1) is 4.92 Å². The number of nitro groups is 1. The second-order valence-corrected chi connectivity index (χ2v) is 4.87. The van der Waals surface area contributed by atoms with Crippen LogP contribution < -0.4 is 10.2 Å². The van der Waals surface area contributed by atoms with Crippen LogP contribution >= 0.6 is 0 Å². The molecule has 0 aromatic heterocycles. The van der Waals surface area contributed by atoms with E-state index in [0.717, 1.165) is 19.5 Å². The molecule has 0 saturated carbocycles. The highest BCUT2D eigenvalue weighted by molar-refractivity contribution is 5.66. The molecule has 1 saturated heterocycles. The van der Waals surface area contributed by atoms with E-state index in [0.29, 0.717) is 17.3 Å². The maximum atomic E-state index is 11.1. The lowest BCUT2D eigenvalue weighted by Crippen LogP contribution is -2.35. The molecule has 0 spiro atoms. The Hall–Kier alpha value is -1.62. The first-order chi connectivity index (χ1) is 8.59. The number of nitrogens with zero attached hydrogens (tertiary/aromatic N) is 2. The maximum absolute atomic E-state index is 11.1. The van der Waals surface area contributed by atoms with E-state index in [9.17, 15) is 10.1 Å². The molecule has 1 heterocycles. The summed E-state index contributed by atoms with van der Waals surface area (Å²) in [5, 5.41) is 14.6. The SMILES string of the molecule is Cc1cccc(N(C)CC2CCCN2)c1[N+](=O)[O-]. The van der Waals surface area contributed by atoms with Gasteiger partial charge in [0.15, 0.2) is 0 Å². The number of likely N-dealkylation sites (N-methyl/N-ethyl adjacent to an activating group) is 1. The van der Waals surface area contributed by atoms with Crippen LogP contribution in [0.15, 0.2) is 18.2 Å². The number of nitro benzene ring substituents is 1. The van der Waals surface area contributed by atoms with E-state index in [-0.39, 0.29) is 10.6 Å². The molecule has 5 nitrogen and oxygen atoms in total. The molecule has 0 amide bonds. The average molecular weight is 249 g/mol. The number of anilines is 1. The van der Waals surface area contributed by atoms with Crippen molar-refractivity contribution in [3.63, 3.8) is 0 Å². The Kier molecular flexibility index (Phi) is 3.81. The van der Waals surface area contributed by atoms with Gasteiger partial charge >= 0.3 is 0 Å². The predicted octanol–water partition coefficient (Wildman–Crippen LogP) is 2.09. The number of benzene rings is 1. The normalized spacial score (nSPS) is 18.9. The van der Waals surface area contributed by atoms with Gasteiger partial charge in [0.2, 0.25) is 0 Å². The summed E-state index contributed by atoms with van der Waals surface area (Å²) < 4.78 is 0. The van der Waals surface area contributed by atoms with Crippen molar-refractivity contribution < 1.29 is 4.92 Å². The van der Waals surface area contributed by atoms with Crippen molar-refractivity contribution in [2.24, 2.45) is 0 Å². The standard InChI is InChI=1S/C13H19N3O2/c1-10-5-3-7-12(13(10)16(17)18)15(2)9-11-6-4-8-14-11/h3,5,7,11,14H,4,6,8-9H2,1-2H3. The molecular formula is C13H19N3O2. The zero-order valence-corrected chi connectivity index (χ0v) is 10.8. The van der Waals surface area contributed by atoms with Gasteiger partial charge in [0.25, 0.3) is 5.69 Å². The first-order valence-electron chi connectivity index (χ1n) is 6.28. The number of rotatable bonds is 4. The predicted molar refractivity (Wildman–Crippen MR) is 72.1 cm³/mol. The minimum absolute atomic E-state index is 0.220. The first kappa shape index (κ1) is 12.8. The Morgan fingerprint density at radius 1 is 1.56 bits per heavy atom. The topological polar surface area (TPSA) is 58.4 Å². The van der Waals surface area contributed by atoms with Gasteiger partial charge < -0.3 is 10.2 Å². The van der Waals surface area contributed by atoms with E-state index in [1.54, 1.807) is 13.0 Å². The van der Waals surface area contributed by atoms with Gasteiger partial charge in [-0.05, 0) is 32.4 Å². The van der Waals surface area contributed by atoms with Gasteiger partial charge in [0, 0.05) is 25.2 Å². The molecule has 0 aliphatic carbocycles. The third-order valence-electron chi connectivity index (χ3n) is 3.47. The molecule has 1 aromatic carbocycles. The van der Waals surface area contributed by atoms with Crippen molar-refractivity contribution in [1.82, 2.24) is 5.32 Å². The molecule has 18 heavy (non-hydrogen) atoms. The average Bonchev–Trinajstić information content (AvgIpc) is 2.80. The highest BCUT2D eigenvalue weighted by atomic mass is 16.6. The zero-order valence-electron chi connectivity index (χ0n) is 10.8. The Balaban J connectivity index is 2.20. The molecule has 0 bridgehead atoms. The highest BCUT2D eigenvalue weighted by Crippen LogP contribution is 2.30. The Morgan fingerprint density at radius 2 is 2.33 bits per heavy atom. The molecule has 5 heteroatoms. The lowest BCUT2D eigenvalue weighted by molar-refractivity contribution is -0.384. The fourth-order valence-electron chi connectivity index (χ4n) is 2.53. The Bertz CT molecular complexity index is 442. The molecule has 1 aliphatic rings. The molecule has 98 valence electrons. The largest absolute Gasteiger partial charge is 0.367 e. The molecule has 1 unspecified atom stereocenters. The van der Waals surface area contributed by atoms with Crippen molar-refractivity contribution in [3.8, 4) is 0 Å². The van der Waals surface area contributed by atoms with Crippen LogP contribution in [0.3, 0.4) is 0 Å². The van der Waals surface area contributed by atoms with Crippen LogP contribution in [0, 0.1) is 17.0 Å². The van der Waals surface area contributed by atoms with Gasteiger partial charge in [-0.15, -0.1) is 0 Å². The van der Waals surface area contributed by atoms with Crippen LogP contribution in [-0.2, 0) is 0 Å². The smallest absolute Gasteiger partial charge is 0.295 e. The summed E-state index contributed by atoms with van der Waals surface area (Å²) in [6.45, 7) is 3.64. The lowest BCUT2D eigenvalue weighted by atomic mass is 10.1. The molecule has 1 atom stereocenters. The van der Waals surface area contributed by atoms with Gasteiger partial charge in [-0.3, -0.25) is 10.1 Å². The zero-order chi connectivity index (χ0) is 13.1. The maximum Gasteiger partial charge on any atom is 0.295 e. The summed E-state index contributed by atoms with van der Waals surface area (Å²) in [6, 6.07) is 5.91. The molecule has 0 radical (unpaired) electrons. The van der Waals surface area contributed by atoms with Crippen LogP contribution in [0.4, 0.5) is 11.4 Å². The minimum atomic E-state index is -0.288. The number of hydrogen-bond donors (Lipinski definition) is 1. The summed E-state index contributed by atoms with van der Waals surface area (Å²) in [7, 11) is 1.92. The van der Waals surface area contributed by atoms with Crippen LogP contribution in [-0.4, -0.2) is 31.1 Å². The summed E-state index contributed by atoms with van der Waals surface area (Å²) >= 11 is 0.